The summed E-state index contributed by atoms with van der Waals surface area (Å²) < 4.78 is 34.1. The number of hydrogen-bond acceptors (Lipinski definition) is 7. The number of amides is 2. The van der Waals surface area contributed by atoms with E-state index in [9.17, 15) is 14.0 Å². The Hall–Kier alpha value is -3.51. The van der Waals surface area contributed by atoms with Gasteiger partial charge in [-0.2, -0.15) is 0 Å². The molecule has 2 N–H and O–H groups in total. The molecule has 47 heavy (non-hydrogen) atoms. The normalized spacial score (nSPS) is 18.6. The maximum Gasteiger partial charge on any atom is 0.407 e. The molecule has 0 atom stereocenters. The van der Waals surface area contributed by atoms with E-state index < -0.39 is 19.8 Å². The van der Waals surface area contributed by atoms with E-state index in [1.807, 2.05) is 32.3 Å². The van der Waals surface area contributed by atoms with Gasteiger partial charge in [-0.15, -0.1) is 0 Å². The fourth-order valence-corrected chi connectivity index (χ4v) is 6.63. The Morgan fingerprint density at radius 1 is 1.02 bits per heavy atom. The highest BCUT2D eigenvalue weighted by atomic mass is 28.3. The van der Waals surface area contributed by atoms with Crippen LogP contribution in [-0.2, 0) is 16.2 Å². The molecule has 12 heteroatoms. The Labute approximate surface area is 278 Å². The second kappa shape index (κ2) is 14.3. The van der Waals surface area contributed by atoms with Gasteiger partial charge in [-0.1, -0.05) is 19.6 Å². The van der Waals surface area contributed by atoms with Gasteiger partial charge in [0.05, 0.1) is 17.7 Å². The number of fused-ring (bicyclic) bond motifs is 1. The molecule has 0 radical (unpaired) electrons. The summed E-state index contributed by atoms with van der Waals surface area (Å²) >= 11 is 0. The molecule has 2 fully saturated rings. The summed E-state index contributed by atoms with van der Waals surface area (Å²) in [6, 6.07) is 5.44. The van der Waals surface area contributed by atoms with Crippen LogP contribution in [-0.4, -0.2) is 65.5 Å². The average molecular weight is 668 g/mol. The average Bonchev–Trinajstić information content (AvgIpc) is 3.76. The summed E-state index contributed by atoms with van der Waals surface area (Å²) in [7, 11) is -1.32. The maximum atomic E-state index is 14.4. The van der Waals surface area contributed by atoms with E-state index in [2.05, 4.69) is 40.2 Å². The van der Waals surface area contributed by atoms with Crippen LogP contribution in [0.25, 0.3) is 22.3 Å². The minimum atomic E-state index is -1.32. The van der Waals surface area contributed by atoms with E-state index in [0.29, 0.717) is 52.7 Å². The Morgan fingerprint density at radius 3 is 2.34 bits per heavy atom. The van der Waals surface area contributed by atoms with E-state index in [4.69, 9.17) is 14.2 Å². The zero-order valence-electron chi connectivity index (χ0n) is 28.9. The molecule has 5 rings (SSSR count). The van der Waals surface area contributed by atoms with Crippen molar-refractivity contribution in [1.82, 2.24) is 25.2 Å². The van der Waals surface area contributed by atoms with Crippen LogP contribution in [0.3, 0.4) is 0 Å². The number of alkyl carbamates (subject to hydrolysis) is 1. The highest BCUT2D eigenvalue weighted by Gasteiger charge is 2.30. The van der Waals surface area contributed by atoms with Crippen molar-refractivity contribution in [1.29, 1.82) is 0 Å². The van der Waals surface area contributed by atoms with E-state index in [1.165, 1.54) is 18.5 Å². The Bertz CT molecular complexity index is 1590. The number of carbonyl (C=O) groups is 2. The molecule has 3 aromatic rings. The zero-order chi connectivity index (χ0) is 33.9. The molecular weight excluding hydrogens is 617 g/mol. The lowest BCUT2D eigenvalue weighted by molar-refractivity contribution is 0.0487. The van der Waals surface area contributed by atoms with Gasteiger partial charge in [0.1, 0.15) is 41.4 Å². The van der Waals surface area contributed by atoms with Gasteiger partial charge in [-0.3, -0.25) is 4.79 Å². The first kappa shape index (κ1) is 34.8. The van der Waals surface area contributed by atoms with Crippen molar-refractivity contribution in [2.24, 2.45) is 5.92 Å². The topological polar surface area (TPSA) is 117 Å². The summed E-state index contributed by atoms with van der Waals surface area (Å²) in [6.07, 6.45) is 6.17. The Kier molecular flexibility index (Phi) is 10.6. The SMILES string of the molecule is Cc1c(C(=O)NC2CCC(NC(=O)OC(C)(C)C)CC2)c2ncnc(-c3ccc(F)cc3OCC3CC3)c2n1COCC[Si](C)(C)C. The van der Waals surface area contributed by atoms with Gasteiger partial charge in [0.15, 0.2) is 0 Å². The van der Waals surface area contributed by atoms with Gasteiger partial charge in [-0.25, -0.2) is 19.2 Å². The summed E-state index contributed by atoms with van der Waals surface area (Å²) in [5, 5.41) is 6.19. The van der Waals surface area contributed by atoms with Gasteiger partial charge in [-0.05, 0) is 90.3 Å². The minimum absolute atomic E-state index is 0.00250. The molecule has 0 aliphatic heterocycles. The van der Waals surface area contributed by atoms with E-state index >= 15 is 0 Å². The molecule has 0 saturated heterocycles. The largest absolute Gasteiger partial charge is 0.492 e. The third-order valence-electron chi connectivity index (χ3n) is 8.69. The summed E-state index contributed by atoms with van der Waals surface area (Å²) in [6.45, 7) is 15.7. The number of halogens is 1. The van der Waals surface area contributed by atoms with Crippen LogP contribution in [0.4, 0.5) is 9.18 Å². The molecule has 0 spiro atoms. The van der Waals surface area contributed by atoms with Crippen molar-refractivity contribution in [3.63, 3.8) is 0 Å². The standard InChI is InChI=1S/C35H50FN5O5Si/c1-22-29(33(42)39-25-11-13-26(14-12-25)40-34(43)46-35(2,3)4)31-32(41(22)21-44-16-17-47(5,6)7)30(37-20-38-31)27-15-10-24(36)18-28(27)45-19-23-8-9-23/h10,15,18,20,23,25-26H,8-9,11-14,16-17,19,21H2,1-7H3,(H,39,42)(H,40,43). The number of carbonyl (C=O) groups excluding carboxylic acids is 2. The minimum Gasteiger partial charge on any atom is -0.492 e. The third-order valence-corrected chi connectivity index (χ3v) is 10.4. The first-order chi connectivity index (χ1) is 22.2. The highest BCUT2D eigenvalue weighted by molar-refractivity contribution is 6.76. The molecule has 2 saturated carbocycles. The van der Waals surface area contributed by atoms with Gasteiger partial charge >= 0.3 is 6.09 Å². The van der Waals surface area contributed by atoms with E-state index in [0.717, 1.165) is 50.3 Å². The quantitative estimate of drug-likeness (QED) is 0.155. The van der Waals surface area contributed by atoms with Crippen LogP contribution in [0.5, 0.6) is 5.75 Å². The number of nitrogens with zero attached hydrogens (tertiary/aromatic N) is 3. The number of ether oxygens (including phenoxy) is 3. The zero-order valence-corrected chi connectivity index (χ0v) is 29.9. The van der Waals surface area contributed by atoms with Crippen LogP contribution < -0.4 is 15.4 Å². The molecular formula is C35H50FN5O5Si. The second-order valence-corrected chi connectivity index (χ2v) is 20.8. The number of aromatic nitrogens is 3. The maximum absolute atomic E-state index is 14.4. The number of nitrogens with one attached hydrogen (secondary N) is 2. The van der Waals surface area contributed by atoms with Crippen LogP contribution in [0, 0.1) is 18.7 Å². The fraction of sp³-hybridized carbons (Fsp3) is 0.600. The van der Waals surface area contributed by atoms with Crippen molar-refractivity contribution < 1.29 is 28.2 Å². The van der Waals surface area contributed by atoms with E-state index in [1.54, 1.807) is 6.07 Å². The van der Waals surface area contributed by atoms with Gasteiger partial charge in [0, 0.05) is 44.1 Å². The number of benzene rings is 1. The Balaban J connectivity index is 1.41. The molecule has 10 nitrogen and oxygen atoms in total. The lowest BCUT2D eigenvalue weighted by Crippen LogP contribution is -2.45. The summed E-state index contributed by atoms with van der Waals surface area (Å²) in [5.41, 5.74) is 2.99. The molecule has 2 amide bonds. The molecule has 0 unspecified atom stereocenters. The van der Waals surface area contributed by atoms with Crippen LogP contribution in [0.15, 0.2) is 24.5 Å². The van der Waals surface area contributed by atoms with Crippen molar-refractivity contribution >= 4 is 31.1 Å². The Morgan fingerprint density at radius 2 is 1.70 bits per heavy atom. The van der Waals surface area contributed by atoms with Crippen LogP contribution in [0.1, 0.15) is 75.3 Å². The smallest absolute Gasteiger partial charge is 0.407 e. The highest BCUT2D eigenvalue weighted by Crippen LogP contribution is 2.38. The molecule has 2 aliphatic rings. The molecule has 2 aromatic heterocycles. The molecule has 2 aliphatic carbocycles. The number of rotatable bonds is 12. The molecule has 2 heterocycles. The van der Waals surface area contributed by atoms with Crippen molar-refractivity contribution in [2.75, 3.05) is 13.2 Å². The van der Waals surface area contributed by atoms with Gasteiger partial charge in [0.25, 0.3) is 5.91 Å². The van der Waals surface area contributed by atoms with Gasteiger partial charge in [0.2, 0.25) is 0 Å². The molecule has 256 valence electrons. The monoisotopic (exact) mass is 667 g/mol. The predicted molar refractivity (Wildman–Crippen MR) is 183 cm³/mol. The van der Waals surface area contributed by atoms with Gasteiger partial charge < -0.3 is 29.4 Å². The summed E-state index contributed by atoms with van der Waals surface area (Å²) in [4.78, 5) is 35.5. The second-order valence-electron chi connectivity index (χ2n) is 15.2. The lowest BCUT2D eigenvalue weighted by Gasteiger charge is -2.30. The molecule has 1 aromatic carbocycles. The third kappa shape index (κ3) is 9.31. The van der Waals surface area contributed by atoms with Crippen molar-refractivity contribution in [3.8, 4) is 17.0 Å². The van der Waals surface area contributed by atoms with E-state index in [-0.39, 0.29) is 30.5 Å². The van der Waals surface area contributed by atoms with Crippen LogP contribution in [0.2, 0.25) is 25.7 Å². The predicted octanol–water partition coefficient (Wildman–Crippen LogP) is 7.21. The van der Waals surface area contributed by atoms with Crippen LogP contribution >= 0.6 is 0 Å². The summed E-state index contributed by atoms with van der Waals surface area (Å²) in [5.74, 6) is 0.304. The number of hydrogen-bond donors (Lipinski definition) is 2. The lowest BCUT2D eigenvalue weighted by atomic mass is 9.91. The molecule has 0 bridgehead atoms. The van der Waals surface area contributed by atoms with Crippen molar-refractivity contribution in [3.05, 3.63) is 41.6 Å². The van der Waals surface area contributed by atoms with Crippen molar-refractivity contribution in [2.45, 2.75) is 116 Å². The fourth-order valence-electron chi connectivity index (χ4n) is 5.87. The first-order valence-corrected chi connectivity index (χ1v) is 20.5. The first-order valence-electron chi connectivity index (χ1n) is 16.8.